The molecule has 0 aliphatic rings. The maximum absolute atomic E-state index is 6.36. The Bertz CT molecular complexity index is 525. The smallest absolute Gasteiger partial charge is 0.0945 e. The van der Waals surface area contributed by atoms with Gasteiger partial charge in [-0.3, -0.25) is 9.34 Å². The number of hydrogen-bond donors (Lipinski definition) is 0. The van der Waals surface area contributed by atoms with Gasteiger partial charge < -0.3 is 0 Å². The van der Waals surface area contributed by atoms with E-state index in [2.05, 4.69) is 61.3 Å². The van der Waals surface area contributed by atoms with E-state index in [-0.39, 0.29) is 0 Å². The molecule has 2 nitrogen and oxygen atoms in total. The van der Waals surface area contributed by atoms with Crippen LogP contribution in [0.15, 0.2) is 60.7 Å². The molecule has 0 saturated heterocycles. The van der Waals surface area contributed by atoms with Crippen molar-refractivity contribution in [1.29, 1.82) is 0 Å². The van der Waals surface area contributed by atoms with Gasteiger partial charge in [0.05, 0.1) is 14.9 Å². The van der Waals surface area contributed by atoms with Crippen LogP contribution in [0, 0.1) is 0 Å². The van der Waals surface area contributed by atoms with Crippen LogP contribution in [0.5, 0.6) is 0 Å². The van der Waals surface area contributed by atoms with E-state index < -0.39 is 14.9 Å². The van der Waals surface area contributed by atoms with E-state index in [0.29, 0.717) is 0 Å². The number of rotatable bonds is 8. The quantitative estimate of drug-likeness (QED) is 0.446. The minimum Gasteiger partial charge on any atom is -0.267 e. The van der Waals surface area contributed by atoms with Crippen molar-refractivity contribution in [3.05, 3.63) is 60.7 Å². The predicted molar refractivity (Wildman–Crippen MR) is 124 cm³/mol. The molecule has 0 fully saturated rings. The van der Waals surface area contributed by atoms with E-state index in [9.17, 15) is 0 Å². The molecule has 0 aliphatic heterocycles. The van der Waals surface area contributed by atoms with Crippen LogP contribution in [0.25, 0.3) is 0 Å². The fourth-order valence-corrected chi connectivity index (χ4v) is 6.81. The van der Waals surface area contributed by atoms with Crippen LogP contribution in [0.1, 0.15) is 27.7 Å². The molecule has 0 aliphatic carbocycles. The van der Waals surface area contributed by atoms with Crippen molar-refractivity contribution in [2.24, 2.45) is 0 Å². The molecule has 2 aromatic rings. The molecule has 0 heterocycles. The van der Waals surface area contributed by atoms with E-state index in [4.69, 9.17) is 22.5 Å². The number of hydrogen-bond acceptors (Lipinski definition) is 2. The molecule has 0 amide bonds. The Hall–Kier alpha value is -0.200. The lowest BCUT2D eigenvalue weighted by atomic mass is 10.4. The third kappa shape index (κ3) is 7.81. The molecule has 0 N–H and O–H groups in total. The van der Waals surface area contributed by atoms with Gasteiger partial charge in [-0.1, -0.05) is 111 Å². The Balaban J connectivity index is 0.000000260. The molecule has 2 atom stereocenters. The van der Waals surface area contributed by atoms with Crippen molar-refractivity contribution in [1.82, 2.24) is 9.34 Å². The molecule has 0 radical (unpaired) electrons. The zero-order valence-electron chi connectivity index (χ0n) is 16.1. The minimum atomic E-state index is -0.634. The van der Waals surface area contributed by atoms with Gasteiger partial charge in [0, 0.05) is 36.8 Å². The lowest BCUT2D eigenvalue weighted by molar-refractivity contribution is 0.517. The highest BCUT2D eigenvalue weighted by molar-refractivity contribution is 7.88. The number of halogens is 2. The van der Waals surface area contributed by atoms with Gasteiger partial charge >= 0.3 is 0 Å². The monoisotopic (exact) mass is 430 g/mol. The fraction of sp³-hybridized carbons (Fsp3) is 0.400. The van der Waals surface area contributed by atoms with Crippen molar-refractivity contribution in [2.75, 3.05) is 26.2 Å². The second-order valence-electron chi connectivity index (χ2n) is 5.47. The lowest BCUT2D eigenvalue weighted by Gasteiger charge is -2.23. The first kappa shape index (κ1) is 23.8. The molecule has 2 rings (SSSR count). The maximum atomic E-state index is 6.36. The standard InChI is InChI=1S/2C10H15ClNP/c2*1-3-12(4-2)13(11)10-8-6-5-7-9-10/h2*5-9H,3-4H2,1-2H3. The van der Waals surface area contributed by atoms with Gasteiger partial charge in [0.15, 0.2) is 0 Å². The molecule has 0 bridgehead atoms. The second-order valence-corrected chi connectivity index (χ2v) is 10.6. The van der Waals surface area contributed by atoms with Gasteiger partial charge in [-0.15, -0.1) is 0 Å². The molecular weight excluding hydrogens is 401 g/mol. The molecule has 6 heteroatoms. The first-order valence-electron chi connectivity index (χ1n) is 9.10. The zero-order valence-corrected chi connectivity index (χ0v) is 19.4. The van der Waals surface area contributed by atoms with Crippen LogP contribution in [0.2, 0.25) is 0 Å². The van der Waals surface area contributed by atoms with Crippen LogP contribution >= 0.6 is 37.3 Å². The molecule has 144 valence electrons. The fourth-order valence-electron chi connectivity index (χ4n) is 2.37. The zero-order chi connectivity index (χ0) is 19.4. The molecule has 0 saturated carbocycles. The van der Waals surface area contributed by atoms with Crippen molar-refractivity contribution < 1.29 is 0 Å². The van der Waals surface area contributed by atoms with Gasteiger partial charge in [0.1, 0.15) is 0 Å². The van der Waals surface area contributed by atoms with Crippen LogP contribution in [-0.2, 0) is 0 Å². The van der Waals surface area contributed by atoms with Gasteiger partial charge in [-0.05, 0) is 0 Å². The van der Waals surface area contributed by atoms with E-state index in [0.717, 1.165) is 26.2 Å². The summed E-state index contributed by atoms with van der Waals surface area (Å²) in [5.74, 6) is 0. The lowest BCUT2D eigenvalue weighted by Crippen LogP contribution is -2.19. The summed E-state index contributed by atoms with van der Waals surface area (Å²) in [7, 11) is -1.27. The van der Waals surface area contributed by atoms with E-state index in [1.165, 1.54) is 10.6 Å². The normalized spacial score (nSPS) is 13.2. The van der Waals surface area contributed by atoms with Crippen molar-refractivity contribution in [3.8, 4) is 0 Å². The summed E-state index contributed by atoms with van der Waals surface area (Å²) < 4.78 is 4.57. The molecule has 2 unspecified atom stereocenters. The van der Waals surface area contributed by atoms with Gasteiger partial charge in [-0.25, -0.2) is 0 Å². The number of nitrogens with zero attached hydrogens (tertiary/aromatic N) is 2. The predicted octanol–water partition coefficient (Wildman–Crippen LogP) is 6.41. The van der Waals surface area contributed by atoms with Gasteiger partial charge in [0.2, 0.25) is 0 Å². The van der Waals surface area contributed by atoms with Crippen LogP contribution in [-0.4, -0.2) is 35.5 Å². The third-order valence-electron chi connectivity index (χ3n) is 3.90. The third-order valence-corrected chi connectivity index (χ3v) is 9.92. The average molecular weight is 431 g/mol. The summed E-state index contributed by atoms with van der Waals surface area (Å²) >= 11 is 12.7. The van der Waals surface area contributed by atoms with Crippen LogP contribution in [0.3, 0.4) is 0 Å². The molecule has 0 spiro atoms. The van der Waals surface area contributed by atoms with E-state index in [1.54, 1.807) is 0 Å². The molecular formula is C20H30Cl2N2P2. The summed E-state index contributed by atoms with van der Waals surface area (Å²) in [4.78, 5) is 0. The highest BCUT2D eigenvalue weighted by atomic mass is 35.7. The largest absolute Gasteiger partial charge is 0.267 e. The Labute approximate surface area is 171 Å². The van der Waals surface area contributed by atoms with Crippen LogP contribution in [0.4, 0.5) is 0 Å². The highest BCUT2D eigenvalue weighted by Gasteiger charge is 2.14. The van der Waals surface area contributed by atoms with Crippen molar-refractivity contribution >= 4 is 47.9 Å². The van der Waals surface area contributed by atoms with Crippen molar-refractivity contribution in [2.45, 2.75) is 27.7 Å². The second kappa shape index (κ2) is 13.9. The Morgan fingerprint density at radius 1 is 0.577 bits per heavy atom. The summed E-state index contributed by atoms with van der Waals surface area (Å²) in [5.41, 5.74) is 0. The van der Waals surface area contributed by atoms with Gasteiger partial charge in [-0.2, -0.15) is 0 Å². The summed E-state index contributed by atoms with van der Waals surface area (Å²) in [5, 5.41) is 2.48. The Morgan fingerprint density at radius 2 is 0.846 bits per heavy atom. The summed E-state index contributed by atoms with van der Waals surface area (Å²) in [6, 6.07) is 20.6. The minimum absolute atomic E-state index is 0.634. The first-order chi connectivity index (χ1) is 12.6. The molecule has 26 heavy (non-hydrogen) atoms. The van der Waals surface area contributed by atoms with E-state index in [1.807, 2.05) is 36.4 Å². The van der Waals surface area contributed by atoms with Crippen molar-refractivity contribution in [3.63, 3.8) is 0 Å². The molecule has 2 aromatic carbocycles. The Morgan fingerprint density at radius 3 is 1.08 bits per heavy atom. The van der Waals surface area contributed by atoms with Crippen LogP contribution < -0.4 is 10.6 Å². The van der Waals surface area contributed by atoms with E-state index >= 15 is 0 Å². The highest BCUT2D eigenvalue weighted by Crippen LogP contribution is 2.44. The average Bonchev–Trinajstić information content (AvgIpc) is 2.71. The first-order valence-corrected chi connectivity index (χ1v) is 13.5. The molecule has 0 aromatic heterocycles. The SMILES string of the molecule is CCN(CC)P(Cl)c1ccccc1.CCN(CC)P(Cl)c1ccccc1. The van der Waals surface area contributed by atoms with Gasteiger partial charge in [0.25, 0.3) is 0 Å². The topological polar surface area (TPSA) is 6.48 Å². The Kier molecular flexibility index (Phi) is 12.7. The maximum Gasteiger partial charge on any atom is 0.0945 e. The summed E-state index contributed by atoms with van der Waals surface area (Å²) in [6.07, 6.45) is 0. The summed E-state index contributed by atoms with van der Waals surface area (Å²) in [6.45, 7) is 12.6. The number of benzene rings is 2.